The summed E-state index contributed by atoms with van der Waals surface area (Å²) in [7, 11) is 0. The fourth-order valence-corrected chi connectivity index (χ4v) is 5.33. The predicted octanol–water partition coefficient (Wildman–Crippen LogP) is 3.41. The second-order valence-electron chi connectivity index (χ2n) is 7.52. The number of amides is 1. The van der Waals surface area contributed by atoms with Crippen molar-refractivity contribution in [3.63, 3.8) is 0 Å². The zero-order chi connectivity index (χ0) is 17.8. The number of nitro benzene ring substituents is 1. The van der Waals surface area contributed by atoms with Gasteiger partial charge in [-0.05, 0) is 63.2 Å². The number of benzene rings is 1. The lowest BCUT2D eigenvalue weighted by Crippen LogP contribution is -2.69. The van der Waals surface area contributed by atoms with Crippen molar-refractivity contribution in [2.75, 3.05) is 13.1 Å². The molecule has 3 aliphatic rings. The summed E-state index contributed by atoms with van der Waals surface area (Å²) in [5.74, 6) is 0.454. The van der Waals surface area contributed by atoms with Gasteiger partial charge in [0.25, 0.3) is 11.6 Å². The van der Waals surface area contributed by atoms with Gasteiger partial charge in [-0.1, -0.05) is 0 Å². The monoisotopic (exact) mass is 359 g/mol. The highest BCUT2D eigenvalue weighted by molar-refractivity contribution is 7.20. The second-order valence-corrected chi connectivity index (χ2v) is 8.60. The van der Waals surface area contributed by atoms with Crippen LogP contribution in [0.4, 0.5) is 5.69 Å². The zero-order valence-electron chi connectivity index (χ0n) is 14.3. The van der Waals surface area contributed by atoms with E-state index >= 15 is 0 Å². The van der Waals surface area contributed by atoms with Crippen LogP contribution >= 0.6 is 11.3 Å². The van der Waals surface area contributed by atoms with Crippen molar-refractivity contribution in [2.24, 2.45) is 5.92 Å². The van der Waals surface area contributed by atoms with Gasteiger partial charge >= 0.3 is 0 Å². The smallest absolute Gasteiger partial charge is 0.270 e. The first-order chi connectivity index (χ1) is 11.9. The number of nitrogens with one attached hydrogen (secondary N) is 1. The molecule has 1 N–H and O–H groups in total. The number of nitro groups is 1. The molecule has 3 aliphatic heterocycles. The maximum absolute atomic E-state index is 12.8. The minimum Gasteiger partial charge on any atom is -0.346 e. The molecule has 7 heteroatoms. The van der Waals surface area contributed by atoms with Gasteiger partial charge in [0, 0.05) is 28.4 Å². The van der Waals surface area contributed by atoms with E-state index in [0.29, 0.717) is 10.8 Å². The van der Waals surface area contributed by atoms with Crippen LogP contribution < -0.4 is 5.32 Å². The Morgan fingerprint density at radius 1 is 1.32 bits per heavy atom. The Kier molecular flexibility index (Phi) is 3.81. The summed E-state index contributed by atoms with van der Waals surface area (Å²) in [4.78, 5) is 26.4. The van der Waals surface area contributed by atoms with E-state index in [1.165, 1.54) is 23.5 Å². The number of non-ortho nitro benzene ring substituents is 1. The quantitative estimate of drug-likeness (QED) is 0.673. The Hall–Kier alpha value is -1.99. The van der Waals surface area contributed by atoms with E-state index in [9.17, 15) is 14.9 Å². The Morgan fingerprint density at radius 3 is 2.68 bits per heavy atom. The lowest BCUT2D eigenvalue weighted by atomic mass is 9.72. The van der Waals surface area contributed by atoms with Crippen LogP contribution in [0, 0.1) is 16.0 Å². The molecule has 1 aromatic heterocycles. The number of thiophene rings is 1. The van der Waals surface area contributed by atoms with Gasteiger partial charge in [-0.3, -0.25) is 19.8 Å². The third-order valence-electron chi connectivity index (χ3n) is 5.81. The maximum atomic E-state index is 12.8. The summed E-state index contributed by atoms with van der Waals surface area (Å²) >= 11 is 1.32. The summed E-state index contributed by atoms with van der Waals surface area (Å²) in [6.07, 6.45) is 2.26. The molecule has 0 radical (unpaired) electrons. The Morgan fingerprint density at radius 2 is 2.04 bits per heavy atom. The van der Waals surface area contributed by atoms with Crippen molar-refractivity contribution in [2.45, 2.75) is 38.3 Å². The number of hydrogen-bond acceptors (Lipinski definition) is 5. The molecule has 4 heterocycles. The molecule has 0 unspecified atom stereocenters. The number of carbonyl (C=O) groups is 1. The van der Waals surface area contributed by atoms with Gasteiger partial charge in [0.05, 0.1) is 9.80 Å². The standard InChI is InChI=1S/C18H21N3O3S/c1-18(2)16(11-5-7-20(18)8-6-11)19-17(22)15-9-12-3-4-13(21(23)24)10-14(12)25-15/h3-4,9-11,16H,5-8H2,1-2H3,(H,19,22)/t16-/m0/s1. The molecule has 1 aromatic carbocycles. The average molecular weight is 359 g/mol. The first kappa shape index (κ1) is 16.5. The number of piperidine rings is 3. The van der Waals surface area contributed by atoms with Crippen molar-refractivity contribution in [1.82, 2.24) is 10.2 Å². The van der Waals surface area contributed by atoms with Crippen LogP contribution in [-0.4, -0.2) is 40.4 Å². The highest BCUT2D eigenvalue weighted by atomic mass is 32.1. The lowest BCUT2D eigenvalue weighted by molar-refractivity contribution is -0.384. The highest BCUT2D eigenvalue weighted by Crippen LogP contribution is 2.39. The predicted molar refractivity (Wildman–Crippen MR) is 98.1 cm³/mol. The molecule has 0 aliphatic carbocycles. The van der Waals surface area contributed by atoms with Gasteiger partial charge in [-0.15, -0.1) is 11.3 Å². The molecule has 5 rings (SSSR count). The first-order valence-corrected chi connectivity index (χ1v) is 9.42. The topological polar surface area (TPSA) is 75.5 Å². The molecule has 132 valence electrons. The number of hydrogen-bond donors (Lipinski definition) is 1. The Bertz CT molecular complexity index is 852. The Balaban J connectivity index is 1.59. The van der Waals surface area contributed by atoms with E-state index in [4.69, 9.17) is 0 Å². The summed E-state index contributed by atoms with van der Waals surface area (Å²) in [6.45, 7) is 6.63. The minimum atomic E-state index is -0.408. The molecule has 3 fully saturated rings. The molecule has 6 nitrogen and oxygen atoms in total. The summed E-state index contributed by atoms with van der Waals surface area (Å²) < 4.78 is 0.771. The van der Waals surface area contributed by atoms with Gasteiger partial charge in [0.15, 0.2) is 0 Å². The van der Waals surface area contributed by atoms with Crippen molar-refractivity contribution in [3.05, 3.63) is 39.3 Å². The van der Waals surface area contributed by atoms with Crippen LogP contribution in [0.3, 0.4) is 0 Å². The van der Waals surface area contributed by atoms with Crippen LogP contribution in [-0.2, 0) is 0 Å². The third-order valence-corrected chi connectivity index (χ3v) is 6.91. The summed E-state index contributed by atoms with van der Waals surface area (Å²) in [5, 5.41) is 15.0. The van der Waals surface area contributed by atoms with Crippen LogP contribution in [0.15, 0.2) is 24.3 Å². The van der Waals surface area contributed by atoms with Crippen molar-refractivity contribution in [1.29, 1.82) is 0 Å². The average Bonchev–Trinajstić information content (AvgIpc) is 3.01. The second kappa shape index (κ2) is 5.78. The first-order valence-electron chi connectivity index (χ1n) is 8.60. The molecule has 25 heavy (non-hydrogen) atoms. The van der Waals surface area contributed by atoms with E-state index in [1.54, 1.807) is 6.07 Å². The van der Waals surface area contributed by atoms with E-state index in [1.807, 2.05) is 6.07 Å². The molecule has 1 amide bonds. The zero-order valence-corrected chi connectivity index (χ0v) is 15.1. The van der Waals surface area contributed by atoms with Crippen molar-refractivity contribution >= 4 is 33.0 Å². The summed E-state index contributed by atoms with van der Waals surface area (Å²) in [5.41, 5.74) is 0.0200. The third kappa shape index (κ3) is 2.71. The van der Waals surface area contributed by atoms with E-state index < -0.39 is 4.92 Å². The lowest BCUT2D eigenvalue weighted by Gasteiger charge is -2.56. The number of fused-ring (bicyclic) bond motifs is 4. The van der Waals surface area contributed by atoms with Crippen molar-refractivity contribution in [3.8, 4) is 0 Å². The maximum Gasteiger partial charge on any atom is 0.270 e. The van der Waals surface area contributed by atoms with E-state index in [2.05, 4.69) is 24.1 Å². The number of nitrogens with zero attached hydrogens (tertiary/aromatic N) is 2. The molecular weight excluding hydrogens is 338 g/mol. The molecule has 2 bridgehead atoms. The van der Waals surface area contributed by atoms with E-state index in [-0.39, 0.29) is 23.2 Å². The highest BCUT2D eigenvalue weighted by Gasteiger charge is 2.48. The van der Waals surface area contributed by atoms with Crippen LogP contribution in [0.2, 0.25) is 0 Å². The molecule has 0 spiro atoms. The van der Waals surface area contributed by atoms with Crippen LogP contribution in [0.1, 0.15) is 36.4 Å². The molecular formula is C18H21N3O3S. The number of rotatable bonds is 3. The summed E-state index contributed by atoms with van der Waals surface area (Å²) in [6, 6.07) is 6.69. The normalized spacial score (nSPS) is 27.4. The number of carbonyl (C=O) groups excluding carboxylic acids is 1. The minimum absolute atomic E-state index is 0.0354. The molecule has 1 atom stereocenters. The van der Waals surface area contributed by atoms with Gasteiger partial charge in [0.2, 0.25) is 0 Å². The molecule has 0 saturated carbocycles. The van der Waals surface area contributed by atoms with Gasteiger partial charge < -0.3 is 5.32 Å². The fraction of sp³-hybridized carbons (Fsp3) is 0.500. The van der Waals surface area contributed by atoms with Crippen LogP contribution in [0.5, 0.6) is 0 Å². The van der Waals surface area contributed by atoms with E-state index in [0.717, 1.165) is 36.0 Å². The van der Waals surface area contributed by atoms with Gasteiger partial charge in [-0.25, -0.2) is 0 Å². The van der Waals surface area contributed by atoms with Gasteiger partial charge in [-0.2, -0.15) is 0 Å². The molecule has 3 saturated heterocycles. The van der Waals surface area contributed by atoms with Crippen LogP contribution in [0.25, 0.3) is 10.1 Å². The SMILES string of the molecule is CC1(C)[C@@H](NC(=O)c2cc3ccc([N+](=O)[O-])cc3s2)C2CCN1CC2. The Labute approximate surface area is 150 Å². The molecule has 2 aromatic rings. The largest absolute Gasteiger partial charge is 0.346 e. The fourth-order valence-electron chi connectivity index (χ4n) is 4.33. The van der Waals surface area contributed by atoms with Gasteiger partial charge in [0.1, 0.15) is 0 Å². The van der Waals surface area contributed by atoms with Crippen molar-refractivity contribution < 1.29 is 9.72 Å².